The lowest BCUT2D eigenvalue weighted by molar-refractivity contribution is -0.140. The second-order valence-corrected chi connectivity index (χ2v) is 5.42. The number of hydrogen-bond donors (Lipinski definition) is 0. The molecule has 16 heavy (non-hydrogen) atoms. The van der Waals surface area contributed by atoms with Gasteiger partial charge in [-0.05, 0) is 20.3 Å². The number of carbonyl (C=O) groups is 1. The van der Waals surface area contributed by atoms with E-state index in [0.717, 1.165) is 0 Å². The van der Waals surface area contributed by atoms with Gasteiger partial charge in [-0.15, -0.1) is 0 Å². The molecule has 0 fully saturated rings. The van der Waals surface area contributed by atoms with Gasteiger partial charge in [-0.3, -0.25) is 9.36 Å². The van der Waals surface area contributed by atoms with Gasteiger partial charge in [0.1, 0.15) is 0 Å². The average molecular weight is 252 g/mol. The third-order valence-corrected chi connectivity index (χ3v) is 4.50. The van der Waals surface area contributed by atoms with Gasteiger partial charge in [0.2, 0.25) is 0 Å². The molecule has 6 heteroatoms. The second-order valence-electron chi connectivity index (χ2n) is 3.20. The van der Waals surface area contributed by atoms with Crippen LogP contribution in [-0.4, -0.2) is 32.0 Å². The van der Waals surface area contributed by atoms with Crippen molar-refractivity contribution in [2.45, 2.75) is 39.3 Å². The van der Waals surface area contributed by atoms with Crippen LogP contribution in [0.5, 0.6) is 0 Å². The van der Waals surface area contributed by atoms with Gasteiger partial charge in [-0.2, -0.15) is 0 Å². The van der Waals surface area contributed by atoms with Crippen molar-refractivity contribution in [2.75, 3.05) is 20.3 Å². The number of carbonyl (C=O) groups excluding carboxylic acids is 1. The Bertz CT molecular complexity index is 244. The molecule has 0 heterocycles. The highest BCUT2D eigenvalue weighted by Gasteiger charge is 2.41. The van der Waals surface area contributed by atoms with Crippen LogP contribution in [0.1, 0.15) is 33.6 Å². The lowest BCUT2D eigenvalue weighted by atomic mass is 10.2. The Kier molecular flexibility index (Phi) is 7.64. The Balaban J connectivity index is 4.92. The molecule has 0 aromatic carbocycles. The summed E-state index contributed by atoms with van der Waals surface area (Å²) in [6.07, 6.45) is 1.15. The molecule has 0 rings (SSSR count). The molecule has 0 saturated carbocycles. The van der Waals surface area contributed by atoms with Gasteiger partial charge in [0.25, 0.3) is 0 Å². The lowest BCUT2D eigenvalue weighted by Crippen LogP contribution is -2.24. The number of rotatable bonds is 8. The van der Waals surface area contributed by atoms with Crippen molar-refractivity contribution in [3.8, 4) is 0 Å². The van der Waals surface area contributed by atoms with E-state index in [2.05, 4.69) is 4.74 Å². The van der Waals surface area contributed by atoms with Crippen molar-refractivity contribution in [2.24, 2.45) is 0 Å². The highest BCUT2D eigenvalue weighted by atomic mass is 31.2. The van der Waals surface area contributed by atoms with E-state index >= 15 is 0 Å². The van der Waals surface area contributed by atoms with Crippen molar-refractivity contribution in [1.29, 1.82) is 0 Å². The topological polar surface area (TPSA) is 61.8 Å². The van der Waals surface area contributed by atoms with Gasteiger partial charge in [0, 0.05) is 0 Å². The fourth-order valence-corrected chi connectivity index (χ4v) is 3.48. The lowest BCUT2D eigenvalue weighted by Gasteiger charge is -2.23. The summed E-state index contributed by atoms with van der Waals surface area (Å²) in [4.78, 5) is 11.5. The quantitative estimate of drug-likeness (QED) is 0.491. The van der Waals surface area contributed by atoms with Crippen LogP contribution in [0.3, 0.4) is 0 Å². The van der Waals surface area contributed by atoms with E-state index in [9.17, 15) is 9.36 Å². The first-order chi connectivity index (χ1) is 7.55. The largest absolute Gasteiger partial charge is 0.468 e. The van der Waals surface area contributed by atoms with Crippen LogP contribution in [0.2, 0.25) is 0 Å². The van der Waals surface area contributed by atoms with E-state index in [1.165, 1.54) is 7.11 Å². The zero-order valence-electron chi connectivity index (χ0n) is 10.4. The monoisotopic (exact) mass is 252 g/mol. The van der Waals surface area contributed by atoms with Gasteiger partial charge in [-0.25, -0.2) is 0 Å². The van der Waals surface area contributed by atoms with Crippen LogP contribution in [-0.2, 0) is 23.1 Å². The fourth-order valence-electron chi connectivity index (χ4n) is 1.39. The van der Waals surface area contributed by atoms with Crippen LogP contribution in [0.4, 0.5) is 0 Å². The molecule has 1 unspecified atom stereocenters. The average Bonchev–Trinajstić information content (AvgIpc) is 2.25. The minimum atomic E-state index is -3.39. The fraction of sp³-hybridized carbons (Fsp3) is 0.900. The molecule has 0 aromatic rings. The zero-order valence-corrected chi connectivity index (χ0v) is 11.3. The smallest absolute Gasteiger partial charge is 0.344 e. The van der Waals surface area contributed by atoms with Crippen molar-refractivity contribution >= 4 is 13.6 Å². The first kappa shape index (κ1) is 15.6. The standard InChI is InChI=1S/C10H21O5P/c1-5-8-9(10(11)13-4)16(12,14-6-2)15-7-3/h9H,5-8H2,1-4H3. The Labute approximate surface area is 97.0 Å². The van der Waals surface area contributed by atoms with Crippen molar-refractivity contribution in [3.63, 3.8) is 0 Å². The molecule has 0 aliphatic carbocycles. The molecule has 0 amide bonds. The maximum absolute atomic E-state index is 12.4. The molecule has 5 nitrogen and oxygen atoms in total. The van der Waals surface area contributed by atoms with Gasteiger partial charge in [-0.1, -0.05) is 13.3 Å². The van der Waals surface area contributed by atoms with Crippen LogP contribution in [0, 0.1) is 0 Å². The van der Waals surface area contributed by atoms with Gasteiger partial charge in [0.15, 0.2) is 5.66 Å². The minimum Gasteiger partial charge on any atom is -0.468 e. The summed E-state index contributed by atoms with van der Waals surface area (Å²) in [6.45, 7) is 5.82. The molecule has 96 valence electrons. The van der Waals surface area contributed by atoms with E-state index in [0.29, 0.717) is 12.8 Å². The summed E-state index contributed by atoms with van der Waals surface area (Å²) in [5, 5.41) is 0. The summed E-state index contributed by atoms with van der Waals surface area (Å²) >= 11 is 0. The predicted octanol–water partition coefficient (Wildman–Crippen LogP) is 2.59. The molecule has 0 spiro atoms. The molecule has 0 N–H and O–H groups in total. The summed E-state index contributed by atoms with van der Waals surface area (Å²) in [5.74, 6) is -0.535. The zero-order chi connectivity index (χ0) is 12.6. The number of ether oxygens (including phenoxy) is 1. The molecule has 0 aromatic heterocycles. The number of methoxy groups -OCH3 is 1. The van der Waals surface area contributed by atoms with Gasteiger partial charge in [0.05, 0.1) is 20.3 Å². The number of esters is 1. The normalized spacial score (nSPS) is 13.5. The van der Waals surface area contributed by atoms with Gasteiger partial charge >= 0.3 is 13.6 Å². The van der Waals surface area contributed by atoms with E-state index < -0.39 is 19.2 Å². The SMILES string of the molecule is CCCC(C(=O)OC)P(=O)(OCC)OCC. The minimum absolute atomic E-state index is 0.245. The summed E-state index contributed by atoms with van der Waals surface area (Å²) < 4.78 is 27.3. The Morgan fingerprint density at radius 3 is 2.00 bits per heavy atom. The third kappa shape index (κ3) is 4.24. The van der Waals surface area contributed by atoms with E-state index in [4.69, 9.17) is 9.05 Å². The summed E-state index contributed by atoms with van der Waals surface area (Å²) in [7, 11) is -2.12. The number of hydrogen-bond acceptors (Lipinski definition) is 5. The molecular formula is C10H21O5P. The second kappa shape index (κ2) is 7.82. The molecule has 0 saturated heterocycles. The maximum Gasteiger partial charge on any atom is 0.344 e. The Hall–Kier alpha value is -0.380. The maximum atomic E-state index is 12.4. The van der Waals surface area contributed by atoms with Crippen LogP contribution in [0.15, 0.2) is 0 Å². The van der Waals surface area contributed by atoms with Gasteiger partial charge < -0.3 is 13.8 Å². The molecular weight excluding hydrogens is 231 g/mol. The molecule has 0 bridgehead atoms. The molecule has 0 aliphatic rings. The first-order valence-corrected chi connectivity index (χ1v) is 7.13. The van der Waals surface area contributed by atoms with Crippen LogP contribution in [0.25, 0.3) is 0 Å². The van der Waals surface area contributed by atoms with Crippen LogP contribution >= 0.6 is 7.60 Å². The highest BCUT2D eigenvalue weighted by molar-refractivity contribution is 7.55. The molecule has 1 atom stereocenters. The van der Waals surface area contributed by atoms with Crippen molar-refractivity contribution < 1.29 is 23.1 Å². The van der Waals surface area contributed by atoms with E-state index in [1.54, 1.807) is 13.8 Å². The summed E-state index contributed by atoms with van der Waals surface area (Å²) in [6, 6.07) is 0. The Morgan fingerprint density at radius 2 is 1.69 bits per heavy atom. The predicted molar refractivity (Wildman–Crippen MR) is 61.6 cm³/mol. The first-order valence-electron chi connectivity index (χ1n) is 5.52. The molecule has 0 aliphatic heterocycles. The Morgan fingerprint density at radius 1 is 1.19 bits per heavy atom. The molecule has 0 radical (unpaired) electrons. The van der Waals surface area contributed by atoms with Crippen LogP contribution < -0.4 is 0 Å². The third-order valence-electron chi connectivity index (χ3n) is 2.04. The van der Waals surface area contributed by atoms with E-state index in [1.807, 2.05) is 6.92 Å². The highest BCUT2D eigenvalue weighted by Crippen LogP contribution is 2.54. The van der Waals surface area contributed by atoms with Crippen molar-refractivity contribution in [3.05, 3.63) is 0 Å². The summed E-state index contributed by atoms with van der Waals surface area (Å²) in [5.41, 5.74) is -0.817. The van der Waals surface area contributed by atoms with E-state index in [-0.39, 0.29) is 13.2 Å². The van der Waals surface area contributed by atoms with Crippen molar-refractivity contribution in [1.82, 2.24) is 0 Å².